The van der Waals surface area contributed by atoms with Crippen LogP contribution < -0.4 is 0 Å². The summed E-state index contributed by atoms with van der Waals surface area (Å²) in [4.78, 5) is 11.1. The van der Waals surface area contributed by atoms with Crippen LogP contribution in [0.5, 0.6) is 0 Å². The molecule has 2 rings (SSSR count). The molecule has 0 aliphatic carbocycles. The highest BCUT2D eigenvalue weighted by Gasteiger charge is 2.46. The molecule has 15 heavy (non-hydrogen) atoms. The van der Waals surface area contributed by atoms with Crippen LogP contribution in [0.4, 0.5) is 0 Å². The third-order valence-electron chi connectivity index (χ3n) is 2.64. The van der Waals surface area contributed by atoms with Gasteiger partial charge in [0.2, 0.25) is 0 Å². The summed E-state index contributed by atoms with van der Waals surface area (Å²) < 4.78 is 10.1. The van der Waals surface area contributed by atoms with Crippen molar-refractivity contribution in [3.05, 3.63) is 24.3 Å². The minimum Gasteiger partial charge on any atom is -0.463 e. The summed E-state index contributed by atoms with van der Waals surface area (Å²) in [5.41, 5.74) is -1.05. The van der Waals surface area contributed by atoms with Crippen molar-refractivity contribution in [1.29, 1.82) is 0 Å². The zero-order valence-electron chi connectivity index (χ0n) is 8.55. The quantitative estimate of drug-likeness (QED) is 0.420. The van der Waals surface area contributed by atoms with Crippen LogP contribution in [0.3, 0.4) is 0 Å². The Morgan fingerprint density at radius 1 is 1.73 bits per heavy atom. The number of carbonyl (C=O) groups excluding carboxylic acids is 1. The van der Waals surface area contributed by atoms with Crippen molar-refractivity contribution in [2.45, 2.75) is 31.2 Å². The summed E-state index contributed by atoms with van der Waals surface area (Å²) >= 11 is 0. The molecule has 0 saturated carbocycles. The molecular weight excluding hydrogens is 196 g/mol. The van der Waals surface area contributed by atoms with Crippen LogP contribution in [0.2, 0.25) is 0 Å². The fourth-order valence-corrected chi connectivity index (χ4v) is 1.91. The third kappa shape index (κ3) is 1.96. The largest absolute Gasteiger partial charge is 0.463 e. The lowest BCUT2D eigenvalue weighted by Gasteiger charge is -2.22. The van der Waals surface area contributed by atoms with Gasteiger partial charge in [-0.3, -0.25) is 0 Å². The Balaban J connectivity index is 2.00. The highest BCUT2D eigenvalue weighted by molar-refractivity contribution is 5.82. The number of hydrogen-bond acceptors (Lipinski definition) is 4. The maximum absolute atomic E-state index is 11.1. The van der Waals surface area contributed by atoms with E-state index < -0.39 is 11.6 Å². The van der Waals surface area contributed by atoms with E-state index in [1.807, 2.05) is 12.2 Å². The molecule has 1 N–H and O–H groups in total. The molecule has 0 aromatic heterocycles. The van der Waals surface area contributed by atoms with Gasteiger partial charge in [-0.2, -0.15) is 0 Å². The van der Waals surface area contributed by atoms with Gasteiger partial charge >= 0.3 is 5.97 Å². The molecule has 1 fully saturated rings. The molecule has 0 amide bonds. The molecule has 3 atom stereocenters. The Kier molecular flexibility index (Phi) is 2.63. The normalized spacial score (nSPS) is 37.7. The lowest BCUT2D eigenvalue weighted by molar-refractivity contribution is -0.137. The van der Waals surface area contributed by atoms with E-state index in [0.717, 1.165) is 0 Å². The molecule has 2 bridgehead atoms. The number of hydrogen-bond donors (Lipinski definition) is 1. The number of fused-ring (bicyclic) bond motifs is 2. The fourth-order valence-electron chi connectivity index (χ4n) is 1.91. The minimum atomic E-state index is -1.05. The summed E-state index contributed by atoms with van der Waals surface area (Å²) in [6.45, 7) is 2.08. The summed E-state index contributed by atoms with van der Waals surface area (Å²) in [5, 5.41) is 10.1. The number of carbonyl (C=O) groups is 1. The van der Waals surface area contributed by atoms with Gasteiger partial charge in [0, 0.05) is 12.5 Å². The summed E-state index contributed by atoms with van der Waals surface area (Å²) in [5.74, 6) is -0.433. The molecule has 82 valence electrons. The van der Waals surface area contributed by atoms with E-state index in [-0.39, 0.29) is 12.2 Å². The van der Waals surface area contributed by atoms with Gasteiger partial charge in [0.1, 0.15) is 11.7 Å². The van der Waals surface area contributed by atoms with Gasteiger partial charge < -0.3 is 14.6 Å². The second kappa shape index (κ2) is 3.79. The van der Waals surface area contributed by atoms with Gasteiger partial charge in [-0.25, -0.2) is 4.79 Å². The predicted molar refractivity (Wildman–Crippen MR) is 53.1 cm³/mol. The van der Waals surface area contributed by atoms with Crippen molar-refractivity contribution in [2.24, 2.45) is 0 Å². The van der Waals surface area contributed by atoms with Crippen molar-refractivity contribution < 1.29 is 19.4 Å². The monoisotopic (exact) mass is 210 g/mol. The fraction of sp³-hybridized carbons (Fsp3) is 0.545. The summed E-state index contributed by atoms with van der Waals surface area (Å²) in [6, 6.07) is 0. The summed E-state index contributed by atoms with van der Waals surface area (Å²) in [6.07, 6.45) is 6.64. The van der Waals surface area contributed by atoms with E-state index in [1.54, 1.807) is 6.92 Å². The molecule has 0 radical (unpaired) electrons. The molecule has 2 aliphatic rings. The molecule has 0 aromatic carbocycles. The Labute approximate surface area is 88.2 Å². The second-order valence-corrected chi connectivity index (χ2v) is 3.76. The minimum absolute atomic E-state index is 0.0214. The van der Waals surface area contributed by atoms with Crippen LogP contribution in [0.1, 0.15) is 13.3 Å². The van der Waals surface area contributed by atoms with E-state index in [0.29, 0.717) is 13.0 Å². The van der Waals surface area contributed by atoms with Gasteiger partial charge in [0.25, 0.3) is 0 Å². The van der Waals surface area contributed by atoms with Crippen LogP contribution in [0, 0.1) is 0 Å². The summed E-state index contributed by atoms with van der Waals surface area (Å²) in [7, 11) is 0. The van der Waals surface area contributed by atoms with Crippen molar-refractivity contribution in [1.82, 2.24) is 0 Å². The molecular formula is C11H14O4. The first kappa shape index (κ1) is 10.4. The lowest BCUT2D eigenvalue weighted by atomic mass is 9.89. The number of rotatable bonds is 3. The number of ether oxygens (including phenoxy) is 2. The molecule has 4 heteroatoms. The molecule has 0 unspecified atom stereocenters. The molecule has 2 aliphatic heterocycles. The molecule has 1 saturated heterocycles. The topological polar surface area (TPSA) is 55.8 Å². The van der Waals surface area contributed by atoms with Crippen LogP contribution in [0.25, 0.3) is 0 Å². The van der Waals surface area contributed by atoms with E-state index in [1.165, 1.54) is 12.2 Å². The standard InChI is InChI=1S/C11H14O4/c1-2-14-10(12)5-6-11(13)7-8-3-4-9(11)15-8/h3-6,8-9,13H,2,7H2,1H3/b6-5+/t8-,9+,11-/m0/s1. The van der Waals surface area contributed by atoms with Gasteiger partial charge in [0.15, 0.2) is 0 Å². The van der Waals surface area contributed by atoms with E-state index in [2.05, 4.69) is 0 Å². The smallest absolute Gasteiger partial charge is 0.330 e. The van der Waals surface area contributed by atoms with Crippen molar-refractivity contribution in [2.75, 3.05) is 6.61 Å². The van der Waals surface area contributed by atoms with Crippen LogP contribution in [-0.4, -0.2) is 35.5 Å². The zero-order valence-corrected chi connectivity index (χ0v) is 8.55. The SMILES string of the molecule is CCOC(=O)/C=C/[C@]1(O)C[C@@H]2C=C[C@H]1O2. The lowest BCUT2D eigenvalue weighted by Crippen LogP contribution is -2.35. The maximum atomic E-state index is 11.1. The molecule has 0 spiro atoms. The first-order chi connectivity index (χ1) is 7.14. The average molecular weight is 210 g/mol. The van der Waals surface area contributed by atoms with Gasteiger partial charge in [-0.15, -0.1) is 0 Å². The average Bonchev–Trinajstić information content (AvgIpc) is 2.75. The Hall–Kier alpha value is -1.13. The van der Waals surface area contributed by atoms with Gasteiger partial charge in [0.05, 0.1) is 12.7 Å². The van der Waals surface area contributed by atoms with Crippen LogP contribution in [-0.2, 0) is 14.3 Å². The maximum Gasteiger partial charge on any atom is 0.330 e. The van der Waals surface area contributed by atoms with E-state index in [9.17, 15) is 9.90 Å². The zero-order chi connectivity index (χ0) is 10.9. The van der Waals surface area contributed by atoms with Crippen molar-refractivity contribution in [3.63, 3.8) is 0 Å². The van der Waals surface area contributed by atoms with Crippen molar-refractivity contribution in [3.8, 4) is 0 Å². The highest BCUT2D eigenvalue weighted by Crippen LogP contribution is 2.37. The Bertz CT molecular complexity index is 321. The van der Waals surface area contributed by atoms with Crippen LogP contribution in [0.15, 0.2) is 24.3 Å². The van der Waals surface area contributed by atoms with Crippen LogP contribution >= 0.6 is 0 Å². The number of esters is 1. The molecule has 0 aromatic rings. The van der Waals surface area contributed by atoms with E-state index >= 15 is 0 Å². The van der Waals surface area contributed by atoms with E-state index in [4.69, 9.17) is 9.47 Å². The highest BCUT2D eigenvalue weighted by atomic mass is 16.5. The van der Waals surface area contributed by atoms with Gasteiger partial charge in [-0.05, 0) is 13.0 Å². The number of aliphatic hydroxyl groups is 1. The predicted octanol–water partition coefficient (Wildman–Crippen LogP) is 0.564. The third-order valence-corrected chi connectivity index (χ3v) is 2.64. The molecule has 4 nitrogen and oxygen atoms in total. The van der Waals surface area contributed by atoms with Gasteiger partial charge in [-0.1, -0.05) is 12.2 Å². The Morgan fingerprint density at radius 3 is 3.07 bits per heavy atom. The van der Waals surface area contributed by atoms with Crippen molar-refractivity contribution >= 4 is 5.97 Å². The molecule has 2 heterocycles. The first-order valence-electron chi connectivity index (χ1n) is 5.06. The first-order valence-corrected chi connectivity index (χ1v) is 5.06. The Morgan fingerprint density at radius 2 is 2.53 bits per heavy atom. The second-order valence-electron chi connectivity index (χ2n) is 3.76.